The summed E-state index contributed by atoms with van der Waals surface area (Å²) >= 11 is 0. The number of ketones is 1. The number of nitrogens with two attached hydrogens (primary N) is 2. The van der Waals surface area contributed by atoms with Crippen molar-refractivity contribution < 1.29 is 76.3 Å². The van der Waals surface area contributed by atoms with Crippen LogP contribution in [0.1, 0.15) is 51.4 Å². The lowest BCUT2D eigenvalue weighted by Gasteiger charge is -2.31. The second-order valence-corrected chi connectivity index (χ2v) is 15.0. The number of aliphatic hydroxyl groups excluding tert-OH is 4. The van der Waals surface area contributed by atoms with Gasteiger partial charge in [0, 0.05) is 29.1 Å². The lowest BCUT2D eigenvalue weighted by atomic mass is 9.99. The van der Waals surface area contributed by atoms with E-state index >= 15 is 0 Å². The molecule has 4 aromatic rings. The molecule has 2 aliphatic rings. The van der Waals surface area contributed by atoms with Crippen LogP contribution in [0.2, 0.25) is 0 Å². The van der Waals surface area contributed by atoms with Crippen LogP contribution in [-0.2, 0) is 38.4 Å². The number of fused-ring (bicyclic) bond motifs is 1. The summed E-state index contributed by atoms with van der Waals surface area (Å²) in [4.78, 5) is 66.4. The zero-order valence-corrected chi connectivity index (χ0v) is 29.7. The number of hydrogen-bond acceptors (Lipinski definition) is 20. The van der Waals surface area contributed by atoms with Gasteiger partial charge in [0.2, 0.25) is 0 Å². The third kappa shape index (κ3) is 8.09. The number of pyridine rings is 2. The molecule has 0 aromatic carbocycles. The molecule has 6 heterocycles. The number of hydrogen-bond donors (Lipinski definition) is 6. The van der Waals surface area contributed by atoms with E-state index in [9.17, 15) is 48.9 Å². The summed E-state index contributed by atoms with van der Waals surface area (Å²) in [6.45, 7) is -0.240. The van der Waals surface area contributed by atoms with E-state index in [2.05, 4.69) is 33.3 Å². The second kappa shape index (κ2) is 15.5. The first kappa shape index (κ1) is 39.5. The summed E-state index contributed by atoms with van der Waals surface area (Å²) < 4.78 is 51.7. The van der Waals surface area contributed by atoms with Crippen LogP contribution in [0.5, 0.6) is 0 Å². The first-order valence-corrected chi connectivity index (χ1v) is 18.8. The van der Waals surface area contributed by atoms with Crippen molar-refractivity contribution >= 4 is 44.3 Å². The van der Waals surface area contributed by atoms with Crippen LogP contribution >= 0.6 is 15.6 Å². The number of amides is 1. The Morgan fingerprint density at radius 2 is 1.61 bits per heavy atom. The molecular formula is C29H33N8O15P2-. The Labute approximate surface area is 303 Å². The fourth-order valence-corrected chi connectivity index (χ4v) is 7.81. The van der Waals surface area contributed by atoms with E-state index in [1.807, 2.05) is 6.92 Å². The van der Waals surface area contributed by atoms with Crippen molar-refractivity contribution in [3.05, 3.63) is 71.8 Å². The Kier molecular flexibility index (Phi) is 11.3. The number of ether oxygens (including phenoxy) is 2. The zero-order valence-electron chi connectivity index (χ0n) is 27.9. The lowest BCUT2D eigenvalue weighted by Crippen LogP contribution is -2.47. The van der Waals surface area contributed by atoms with Crippen molar-refractivity contribution in [1.29, 1.82) is 0 Å². The number of primary amides is 1. The molecule has 2 unspecified atom stereocenters. The van der Waals surface area contributed by atoms with E-state index in [0.29, 0.717) is 12.1 Å². The molecular weight excluding hydrogens is 762 g/mol. The second-order valence-electron chi connectivity index (χ2n) is 12.0. The van der Waals surface area contributed by atoms with Gasteiger partial charge in [-0.1, -0.05) is 6.92 Å². The van der Waals surface area contributed by atoms with Crippen molar-refractivity contribution in [3.63, 3.8) is 0 Å². The van der Waals surface area contributed by atoms with Gasteiger partial charge >= 0.3 is 0 Å². The molecule has 8 N–H and O–H groups in total. The number of anilines is 1. The number of aryl methyl sites for hydroxylation is 1. The van der Waals surface area contributed by atoms with E-state index in [1.165, 1.54) is 35.4 Å². The number of nitrogens with zero attached hydrogens (tertiary/aromatic N) is 6. The van der Waals surface area contributed by atoms with Crippen LogP contribution in [0.15, 0.2) is 49.4 Å². The van der Waals surface area contributed by atoms with Gasteiger partial charge in [0.15, 0.2) is 42.0 Å². The summed E-state index contributed by atoms with van der Waals surface area (Å²) in [5, 5.41) is 42.3. The molecule has 10 atom stereocenters. The molecule has 0 spiro atoms. The zero-order chi connectivity index (χ0) is 39.1. The maximum Gasteiger partial charge on any atom is 0.292 e. The number of carbonyl (C=O) groups excluding carboxylic acids is 2. The number of rotatable bonds is 14. The van der Waals surface area contributed by atoms with Gasteiger partial charge in [-0.3, -0.25) is 28.3 Å². The highest BCUT2D eigenvalue weighted by Crippen LogP contribution is 2.56. The van der Waals surface area contributed by atoms with Crippen molar-refractivity contribution in [2.75, 3.05) is 18.9 Å². The van der Waals surface area contributed by atoms with Crippen LogP contribution in [0, 0.1) is 0 Å². The van der Waals surface area contributed by atoms with Crippen LogP contribution in [-0.4, -0.2) is 106 Å². The van der Waals surface area contributed by atoms with Crippen LogP contribution in [0.4, 0.5) is 5.82 Å². The molecule has 2 saturated heterocycles. The maximum absolute atomic E-state index is 13.2. The van der Waals surface area contributed by atoms with E-state index in [-0.39, 0.29) is 33.7 Å². The molecule has 25 heteroatoms. The molecule has 6 rings (SSSR count). The minimum atomic E-state index is -5.78. The number of phosphoric acid groups is 2. The third-order valence-electron chi connectivity index (χ3n) is 8.56. The fourth-order valence-electron chi connectivity index (χ4n) is 5.80. The quantitative estimate of drug-likeness (QED) is 0.0418. The van der Waals surface area contributed by atoms with Crippen LogP contribution < -0.4 is 25.8 Å². The Hall–Kier alpha value is -4.19. The highest BCUT2D eigenvalue weighted by Gasteiger charge is 2.49. The third-order valence-corrected chi connectivity index (χ3v) is 11.1. The summed E-state index contributed by atoms with van der Waals surface area (Å²) in [5.41, 5.74) is 12.1. The molecule has 2 fully saturated rings. The van der Waals surface area contributed by atoms with Gasteiger partial charge in [-0.15, -0.1) is 0 Å². The van der Waals surface area contributed by atoms with Gasteiger partial charge in [-0.25, -0.2) is 19.3 Å². The Balaban J connectivity index is 1.06. The molecule has 2 aliphatic heterocycles. The number of carbonyl (C=O) groups is 2. The summed E-state index contributed by atoms with van der Waals surface area (Å²) in [5.74, 6) is -1.52. The average molecular weight is 796 g/mol. The Morgan fingerprint density at radius 1 is 0.944 bits per heavy atom. The minimum Gasteiger partial charge on any atom is -0.756 e. The highest BCUT2D eigenvalue weighted by atomic mass is 31.3. The normalized spacial score (nSPS) is 27.8. The molecule has 4 aromatic heterocycles. The topological polar surface area (TPSA) is 354 Å². The number of imidazole rings is 1. The largest absolute Gasteiger partial charge is 0.756 e. The molecule has 290 valence electrons. The highest BCUT2D eigenvalue weighted by molar-refractivity contribution is 7.59. The fraction of sp³-hybridized carbons (Fsp3) is 0.414. The van der Waals surface area contributed by atoms with E-state index in [0.717, 1.165) is 17.1 Å². The van der Waals surface area contributed by atoms with Crippen molar-refractivity contribution in [2.24, 2.45) is 5.73 Å². The average Bonchev–Trinajstić information content (AvgIpc) is 3.78. The van der Waals surface area contributed by atoms with Gasteiger partial charge < -0.3 is 60.2 Å². The Bertz CT molecular complexity index is 2160. The van der Waals surface area contributed by atoms with Crippen molar-refractivity contribution in [3.8, 4) is 0 Å². The molecule has 0 aliphatic carbocycles. The summed E-state index contributed by atoms with van der Waals surface area (Å²) in [7, 11) is -11.5. The van der Waals surface area contributed by atoms with Crippen molar-refractivity contribution in [2.45, 2.75) is 62.4 Å². The van der Waals surface area contributed by atoms with Gasteiger partial charge in [0.1, 0.15) is 47.9 Å². The number of nitrogen functional groups attached to an aromatic ring is 1. The molecule has 54 heavy (non-hydrogen) atoms. The lowest BCUT2D eigenvalue weighted by molar-refractivity contribution is -0.765. The maximum atomic E-state index is 13.2. The van der Waals surface area contributed by atoms with E-state index in [4.69, 9.17) is 20.9 Å². The smallest absolute Gasteiger partial charge is 0.292 e. The van der Waals surface area contributed by atoms with Crippen molar-refractivity contribution in [1.82, 2.24) is 24.5 Å². The van der Waals surface area contributed by atoms with E-state index in [1.54, 1.807) is 6.07 Å². The standard InChI is InChI=1S/C29H34N8O15P2/c1-2-14-7-13(3-5-32-14)20(38)15-4-6-36(8-16(15)26(31)43)28-23(41)21(39)17(50-28)9-48-53(44,45)52-54(46,47)49-10-18-22(40)24(42)29(51-18)37-12-35-19-25(30)33-11-34-27(19)37/h3-8,11-12,17-18,21-24,28-29,39-42H,2,9-10H2,1H3,(H5-,30,31,33,34,43,44,45,46,47)/p-1/t17-,18-,21-,22-,23-,24-,28-,29-/m1/s1. The summed E-state index contributed by atoms with van der Waals surface area (Å²) in [6.07, 6.45) is -6.20. The number of aliphatic hydroxyl groups is 4. The summed E-state index contributed by atoms with van der Waals surface area (Å²) in [6, 6.07) is 4.26. The van der Waals surface area contributed by atoms with Crippen LogP contribution in [0.3, 0.4) is 0 Å². The first-order valence-electron chi connectivity index (χ1n) is 15.9. The molecule has 0 saturated carbocycles. The SMILES string of the molecule is CCc1cc(C(=O)c2cc[n+]([C@@H]3O[C@H](COP(=O)([O-])OP(=O)([O-])OC[C@H]4O[C@@H](n5cnc6c(N)ncnc65)[C@H](O)[C@@H]4O)[C@@H](O)[C@H]3O)cc2C(N)=O)ccn1. The van der Waals surface area contributed by atoms with Gasteiger partial charge in [0.05, 0.1) is 19.5 Å². The predicted octanol–water partition coefficient (Wildman–Crippen LogP) is -3.09. The molecule has 0 radical (unpaired) electrons. The van der Waals surface area contributed by atoms with Gasteiger partial charge in [-0.05, 0) is 18.6 Å². The minimum absolute atomic E-state index is 0.0231. The molecule has 23 nitrogen and oxygen atoms in total. The number of phosphoric ester groups is 2. The molecule has 1 amide bonds. The Morgan fingerprint density at radius 3 is 2.28 bits per heavy atom. The molecule has 0 bridgehead atoms. The van der Waals surface area contributed by atoms with Gasteiger partial charge in [-0.2, -0.15) is 4.57 Å². The van der Waals surface area contributed by atoms with Crippen LogP contribution in [0.25, 0.3) is 11.2 Å². The first-order chi connectivity index (χ1) is 25.5. The van der Waals surface area contributed by atoms with Gasteiger partial charge in [0.25, 0.3) is 27.8 Å². The number of aromatic nitrogens is 6. The monoisotopic (exact) mass is 795 g/mol. The predicted molar refractivity (Wildman–Crippen MR) is 172 cm³/mol. The van der Waals surface area contributed by atoms with E-state index < -0.39 is 89.6 Å².